The normalized spacial score (nSPS) is 11.4. The lowest BCUT2D eigenvalue weighted by Crippen LogP contribution is -2.30. The summed E-state index contributed by atoms with van der Waals surface area (Å²) in [5, 5.41) is 6.58. The van der Waals surface area contributed by atoms with E-state index in [-0.39, 0.29) is 12.2 Å². The summed E-state index contributed by atoms with van der Waals surface area (Å²) in [6.45, 7) is 5.38. The molecule has 0 spiro atoms. The molecule has 9 nitrogen and oxygen atoms in total. The Morgan fingerprint density at radius 1 is 1.06 bits per heavy atom. The number of rotatable bonds is 9. The van der Waals surface area contributed by atoms with Crippen LogP contribution < -0.4 is 19.5 Å². The molecule has 3 rings (SSSR count). The number of nitrogens with one attached hydrogen (secondary N) is 1. The Kier molecular flexibility index (Phi) is 7.55. The van der Waals surface area contributed by atoms with Crippen molar-refractivity contribution in [3.8, 4) is 17.2 Å². The predicted octanol–water partition coefficient (Wildman–Crippen LogP) is 4.07. The molecular formula is C24H26N2O7. The second kappa shape index (κ2) is 10.5. The molecule has 1 heterocycles. The van der Waals surface area contributed by atoms with E-state index >= 15 is 0 Å². The first-order valence-corrected chi connectivity index (χ1v) is 10.2. The summed E-state index contributed by atoms with van der Waals surface area (Å²) in [4.78, 5) is 25.1. The number of benzene rings is 2. The molecule has 0 aliphatic rings. The van der Waals surface area contributed by atoms with Crippen molar-refractivity contribution >= 4 is 17.6 Å². The molecule has 0 radical (unpaired) electrons. The smallest absolute Gasteiger partial charge is 0.339 e. The van der Waals surface area contributed by atoms with Crippen molar-refractivity contribution in [2.45, 2.75) is 33.5 Å². The van der Waals surface area contributed by atoms with Crippen molar-refractivity contribution in [1.82, 2.24) is 5.16 Å². The molecule has 1 N–H and O–H groups in total. The minimum absolute atomic E-state index is 0.254. The van der Waals surface area contributed by atoms with Crippen LogP contribution in [0.15, 0.2) is 47.0 Å². The first-order chi connectivity index (χ1) is 15.8. The number of anilines is 1. The SMILES string of the molecule is COc1ccc(NC(=O)C(C)OC(=O)c2cccc(OCc3c(C)noc3C)c2)cc1OC. The van der Waals surface area contributed by atoms with Crippen LogP contribution in [0.4, 0.5) is 5.69 Å². The van der Waals surface area contributed by atoms with Gasteiger partial charge in [0.15, 0.2) is 17.6 Å². The zero-order chi connectivity index (χ0) is 24.0. The Balaban J connectivity index is 1.60. The lowest BCUT2D eigenvalue weighted by molar-refractivity contribution is -0.123. The van der Waals surface area contributed by atoms with Crippen molar-refractivity contribution in [1.29, 1.82) is 0 Å². The Morgan fingerprint density at radius 2 is 1.82 bits per heavy atom. The molecule has 1 aromatic heterocycles. The number of carbonyl (C=O) groups excluding carboxylic acids is 2. The Bertz CT molecular complexity index is 1120. The third-order valence-corrected chi connectivity index (χ3v) is 4.94. The van der Waals surface area contributed by atoms with Gasteiger partial charge in [-0.3, -0.25) is 4.79 Å². The molecule has 0 saturated carbocycles. The van der Waals surface area contributed by atoms with Gasteiger partial charge in [-0.15, -0.1) is 0 Å². The summed E-state index contributed by atoms with van der Waals surface area (Å²) in [5.41, 5.74) is 2.34. The van der Waals surface area contributed by atoms with E-state index in [9.17, 15) is 9.59 Å². The highest BCUT2D eigenvalue weighted by Crippen LogP contribution is 2.29. The van der Waals surface area contributed by atoms with E-state index in [1.54, 1.807) is 49.4 Å². The second-order valence-electron chi connectivity index (χ2n) is 7.23. The van der Waals surface area contributed by atoms with E-state index in [1.807, 2.05) is 6.92 Å². The Hall–Kier alpha value is -4.01. The lowest BCUT2D eigenvalue weighted by Gasteiger charge is -2.15. The molecular weight excluding hydrogens is 428 g/mol. The number of carbonyl (C=O) groups is 2. The van der Waals surface area contributed by atoms with E-state index in [2.05, 4.69) is 10.5 Å². The second-order valence-corrected chi connectivity index (χ2v) is 7.23. The fourth-order valence-corrected chi connectivity index (χ4v) is 3.02. The van der Waals surface area contributed by atoms with Crippen LogP contribution in [0.1, 0.15) is 34.3 Å². The standard InChI is InChI=1S/C24H26N2O7/c1-14-20(15(2)33-26-14)13-31-19-8-6-7-17(11-19)24(28)32-16(3)23(27)25-18-9-10-21(29-4)22(12-18)30-5/h6-12,16H,13H2,1-5H3,(H,25,27). The highest BCUT2D eigenvalue weighted by Gasteiger charge is 2.20. The molecule has 0 aliphatic heterocycles. The molecule has 174 valence electrons. The van der Waals surface area contributed by atoms with Crippen LogP contribution in [-0.4, -0.2) is 37.4 Å². The van der Waals surface area contributed by atoms with E-state index in [1.165, 1.54) is 21.1 Å². The molecule has 33 heavy (non-hydrogen) atoms. The van der Waals surface area contributed by atoms with Gasteiger partial charge < -0.3 is 28.8 Å². The van der Waals surface area contributed by atoms with Crippen LogP contribution in [0.3, 0.4) is 0 Å². The Labute approximate surface area is 191 Å². The van der Waals surface area contributed by atoms with Crippen molar-refractivity contribution in [2.75, 3.05) is 19.5 Å². The fourth-order valence-electron chi connectivity index (χ4n) is 3.02. The number of methoxy groups -OCH3 is 2. The van der Waals surface area contributed by atoms with Crippen molar-refractivity contribution < 1.29 is 33.1 Å². The highest BCUT2D eigenvalue weighted by molar-refractivity contribution is 5.97. The van der Waals surface area contributed by atoms with Gasteiger partial charge in [0.1, 0.15) is 18.1 Å². The number of ether oxygens (including phenoxy) is 4. The van der Waals surface area contributed by atoms with E-state index in [0.29, 0.717) is 28.7 Å². The van der Waals surface area contributed by atoms with E-state index < -0.39 is 18.0 Å². The number of aryl methyl sites for hydroxylation is 2. The topological polar surface area (TPSA) is 109 Å². The van der Waals surface area contributed by atoms with Gasteiger partial charge in [0.05, 0.1) is 31.0 Å². The quantitative estimate of drug-likeness (QED) is 0.482. The van der Waals surface area contributed by atoms with Crippen LogP contribution in [0, 0.1) is 13.8 Å². The average Bonchev–Trinajstić information content (AvgIpc) is 3.14. The highest BCUT2D eigenvalue weighted by atomic mass is 16.5. The molecule has 0 aliphatic carbocycles. The molecule has 2 aromatic carbocycles. The van der Waals surface area contributed by atoms with Gasteiger partial charge in [-0.1, -0.05) is 11.2 Å². The number of hydrogen-bond donors (Lipinski definition) is 1. The van der Waals surface area contributed by atoms with Gasteiger partial charge in [-0.2, -0.15) is 0 Å². The molecule has 0 bridgehead atoms. The van der Waals surface area contributed by atoms with Crippen LogP contribution in [-0.2, 0) is 16.1 Å². The van der Waals surface area contributed by atoms with Crippen LogP contribution in [0.25, 0.3) is 0 Å². The van der Waals surface area contributed by atoms with Gasteiger partial charge in [0.2, 0.25) is 0 Å². The Morgan fingerprint density at radius 3 is 2.48 bits per heavy atom. The molecule has 9 heteroatoms. The predicted molar refractivity (Wildman–Crippen MR) is 120 cm³/mol. The number of nitrogens with zero attached hydrogens (tertiary/aromatic N) is 1. The minimum Gasteiger partial charge on any atom is -0.493 e. The van der Waals surface area contributed by atoms with Gasteiger partial charge >= 0.3 is 5.97 Å². The summed E-state index contributed by atoms with van der Waals surface area (Å²) in [6, 6.07) is 11.5. The van der Waals surface area contributed by atoms with Crippen LogP contribution in [0.5, 0.6) is 17.2 Å². The maximum atomic E-state index is 12.6. The summed E-state index contributed by atoms with van der Waals surface area (Å²) < 4.78 is 26.6. The number of amides is 1. The summed E-state index contributed by atoms with van der Waals surface area (Å²) in [7, 11) is 3.02. The maximum absolute atomic E-state index is 12.6. The van der Waals surface area contributed by atoms with Gasteiger partial charge in [0, 0.05) is 11.8 Å². The first kappa shape index (κ1) is 23.6. The largest absolute Gasteiger partial charge is 0.493 e. The third kappa shape index (κ3) is 5.82. The molecule has 0 fully saturated rings. The fraction of sp³-hybridized carbons (Fsp3) is 0.292. The number of hydrogen-bond acceptors (Lipinski definition) is 8. The average molecular weight is 454 g/mol. The minimum atomic E-state index is -1.03. The van der Waals surface area contributed by atoms with Crippen LogP contribution >= 0.6 is 0 Å². The summed E-state index contributed by atoms with van der Waals surface area (Å²) in [6.07, 6.45) is -1.03. The lowest BCUT2D eigenvalue weighted by atomic mass is 10.2. The zero-order valence-electron chi connectivity index (χ0n) is 19.1. The van der Waals surface area contributed by atoms with Crippen LogP contribution in [0.2, 0.25) is 0 Å². The monoisotopic (exact) mass is 454 g/mol. The molecule has 1 amide bonds. The van der Waals surface area contributed by atoms with E-state index in [0.717, 1.165) is 11.3 Å². The van der Waals surface area contributed by atoms with E-state index in [4.69, 9.17) is 23.5 Å². The molecule has 3 aromatic rings. The van der Waals surface area contributed by atoms with Gasteiger partial charge in [-0.25, -0.2) is 4.79 Å². The summed E-state index contributed by atoms with van der Waals surface area (Å²) in [5.74, 6) is 1.03. The number of esters is 1. The van der Waals surface area contributed by atoms with Gasteiger partial charge in [0.25, 0.3) is 5.91 Å². The summed E-state index contributed by atoms with van der Waals surface area (Å²) >= 11 is 0. The molecule has 1 unspecified atom stereocenters. The zero-order valence-corrected chi connectivity index (χ0v) is 19.1. The number of aromatic nitrogens is 1. The van der Waals surface area contributed by atoms with Crippen molar-refractivity contribution in [3.63, 3.8) is 0 Å². The van der Waals surface area contributed by atoms with Gasteiger partial charge in [-0.05, 0) is 51.1 Å². The van der Waals surface area contributed by atoms with Crippen molar-refractivity contribution in [3.05, 3.63) is 65.0 Å². The maximum Gasteiger partial charge on any atom is 0.339 e. The molecule has 1 atom stereocenters. The van der Waals surface area contributed by atoms with Crippen molar-refractivity contribution in [2.24, 2.45) is 0 Å². The first-order valence-electron chi connectivity index (χ1n) is 10.2. The third-order valence-electron chi connectivity index (χ3n) is 4.94. The molecule has 0 saturated heterocycles.